The van der Waals surface area contributed by atoms with Crippen molar-refractivity contribution in [2.24, 2.45) is 0 Å². The van der Waals surface area contributed by atoms with Crippen LogP contribution in [0.5, 0.6) is 0 Å². The normalized spacial score (nSPS) is 17.2. The number of halogens is 2. The molecule has 1 aliphatic heterocycles. The first kappa shape index (κ1) is 24.1. The zero-order valence-electron chi connectivity index (χ0n) is 19.0. The van der Waals surface area contributed by atoms with Gasteiger partial charge in [0.1, 0.15) is 23.4 Å². The molecule has 6 nitrogen and oxygen atoms in total. The number of benzene rings is 2. The van der Waals surface area contributed by atoms with E-state index in [1.807, 2.05) is 59.5 Å². The summed E-state index contributed by atoms with van der Waals surface area (Å²) in [6, 6.07) is 22.7. The molecule has 0 aliphatic carbocycles. The Morgan fingerprint density at radius 1 is 1.11 bits per heavy atom. The molecule has 182 valence electrons. The summed E-state index contributed by atoms with van der Waals surface area (Å²) in [7, 11) is 0. The highest BCUT2D eigenvalue weighted by molar-refractivity contribution is 9.10. The molecular formula is C27H22BrFN4O2S. The molecular weight excluding hydrogens is 543 g/mol. The third kappa shape index (κ3) is 5.17. The lowest BCUT2D eigenvalue weighted by Crippen LogP contribution is -2.32. The number of aromatic nitrogens is 1. The monoisotopic (exact) mass is 564 g/mol. The summed E-state index contributed by atoms with van der Waals surface area (Å²) < 4.78 is 21.4. The van der Waals surface area contributed by atoms with Gasteiger partial charge in [0.2, 0.25) is 5.91 Å². The molecule has 36 heavy (non-hydrogen) atoms. The molecule has 1 saturated heterocycles. The number of amides is 1. The molecule has 0 spiro atoms. The standard InChI is InChI=1S/C27H22BrFN4O2S/c28-17-9-10-19(20(29)16-17)22-11-12-23(35-22)26-25(21-8-4-5-14-30-21)32-27(36)33(26)15-13-24(34)31-18-6-2-1-3-7-18/h1-12,14,16,25-26H,13,15H2,(H,31,34)(H,32,36)/t25-,26-/m1/s1. The molecule has 9 heteroatoms. The lowest BCUT2D eigenvalue weighted by Gasteiger charge is -2.25. The third-order valence-electron chi connectivity index (χ3n) is 5.95. The van der Waals surface area contributed by atoms with Gasteiger partial charge in [-0.3, -0.25) is 9.78 Å². The smallest absolute Gasteiger partial charge is 0.226 e. The maximum absolute atomic E-state index is 14.6. The van der Waals surface area contributed by atoms with Crippen LogP contribution in [0, 0.1) is 5.82 Å². The summed E-state index contributed by atoms with van der Waals surface area (Å²) in [5, 5.41) is 6.73. The summed E-state index contributed by atoms with van der Waals surface area (Å²) in [4.78, 5) is 19.1. The van der Waals surface area contributed by atoms with Crippen molar-refractivity contribution in [1.29, 1.82) is 0 Å². The van der Waals surface area contributed by atoms with Crippen LogP contribution in [-0.2, 0) is 4.79 Å². The SMILES string of the molecule is O=C(CCN1C(=S)N[C@H](c2ccccn2)[C@H]1c1ccc(-c2ccc(Br)cc2F)o1)Nc1ccccc1. The molecule has 1 aliphatic rings. The Kier molecular flexibility index (Phi) is 7.11. The number of anilines is 1. The van der Waals surface area contributed by atoms with Crippen LogP contribution in [0.2, 0.25) is 0 Å². The minimum absolute atomic E-state index is 0.124. The number of rotatable bonds is 7. The zero-order chi connectivity index (χ0) is 25.1. The van der Waals surface area contributed by atoms with Crippen LogP contribution >= 0.6 is 28.1 Å². The molecule has 1 fully saturated rings. The number of carbonyl (C=O) groups is 1. The number of nitrogens with one attached hydrogen (secondary N) is 2. The van der Waals surface area contributed by atoms with Crippen LogP contribution in [-0.4, -0.2) is 27.4 Å². The fourth-order valence-corrected chi connectivity index (χ4v) is 4.93. The fraction of sp³-hybridized carbons (Fsp3) is 0.148. The number of thiocarbonyl (C=S) groups is 1. The largest absolute Gasteiger partial charge is 0.459 e. The van der Waals surface area contributed by atoms with Gasteiger partial charge in [0, 0.05) is 29.3 Å². The van der Waals surface area contributed by atoms with Crippen LogP contribution < -0.4 is 10.6 Å². The molecule has 2 atom stereocenters. The van der Waals surface area contributed by atoms with Crippen LogP contribution in [0.1, 0.15) is 30.0 Å². The zero-order valence-corrected chi connectivity index (χ0v) is 21.4. The van der Waals surface area contributed by atoms with Crippen LogP contribution in [0.4, 0.5) is 10.1 Å². The topological polar surface area (TPSA) is 70.4 Å². The molecule has 0 radical (unpaired) electrons. The second kappa shape index (κ2) is 10.6. The van der Waals surface area contributed by atoms with Gasteiger partial charge < -0.3 is 20.0 Å². The second-order valence-corrected chi connectivity index (χ2v) is 9.61. The highest BCUT2D eigenvalue weighted by atomic mass is 79.9. The molecule has 4 aromatic rings. The van der Waals surface area contributed by atoms with Crippen molar-refractivity contribution in [2.75, 3.05) is 11.9 Å². The molecule has 5 rings (SSSR count). The lowest BCUT2D eigenvalue weighted by atomic mass is 10.0. The molecule has 2 N–H and O–H groups in total. The highest BCUT2D eigenvalue weighted by Gasteiger charge is 2.41. The van der Waals surface area contributed by atoms with E-state index in [2.05, 4.69) is 31.5 Å². The van der Waals surface area contributed by atoms with Crippen molar-refractivity contribution in [3.05, 3.63) is 107 Å². The van der Waals surface area contributed by atoms with Crippen molar-refractivity contribution in [2.45, 2.75) is 18.5 Å². The van der Waals surface area contributed by atoms with E-state index < -0.39 is 0 Å². The molecule has 3 heterocycles. The number of hydrogen-bond acceptors (Lipinski definition) is 4. The number of pyridine rings is 1. The Morgan fingerprint density at radius 3 is 2.67 bits per heavy atom. The van der Waals surface area contributed by atoms with Gasteiger partial charge >= 0.3 is 0 Å². The van der Waals surface area contributed by atoms with Crippen LogP contribution in [0.25, 0.3) is 11.3 Å². The van der Waals surface area contributed by atoms with E-state index in [0.29, 0.717) is 33.2 Å². The fourth-order valence-electron chi connectivity index (χ4n) is 4.27. The van der Waals surface area contributed by atoms with Crippen LogP contribution in [0.3, 0.4) is 0 Å². The summed E-state index contributed by atoms with van der Waals surface area (Å²) in [6.07, 6.45) is 1.94. The Hall–Kier alpha value is -3.56. The number of hydrogen-bond donors (Lipinski definition) is 2. The van der Waals surface area contributed by atoms with Crippen molar-refractivity contribution in [3.8, 4) is 11.3 Å². The van der Waals surface area contributed by atoms with Gasteiger partial charge in [0.15, 0.2) is 5.11 Å². The van der Waals surface area contributed by atoms with Crippen molar-refractivity contribution >= 4 is 44.9 Å². The predicted octanol–water partition coefficient (Wildman–Crippen LogP) is 6.24. The van der Waals surface area contributed by atoms with Crippen molar-refractivity contribution in [3.63, 3.8) is 0 Å². The summed E-state index contributed by atoms with van der Waals surface area (Å²) in [5.41, 5.74) is 1.88. The predicted molar refractivity (Wildman–Crippen MR) is 144 cm³/mol. The molecule has 0 bridgehead atoms. The van der Waals surface area contributed by atoms with E-state index in [1.54, 1.807) is 24.4 Å². The first-order valence-electron chi connectivity index (χ1n) is 11.4. The quantitative estimate of drug-likeness (QED) is 0.259. The van der Waals surface area contributed by atoms with Crippen LogP contribution in [0.15, 0.2) is 93.9 Å². The Morgan fingerprint density at radius 2 is 1.92 bits per heavy atom. The van der Waals surface area contributed by atoms with Gasteiger partial charge in [0.05, 0.1) is 17.3 Å². The van der Waals surface area contributed by atoms with Gasteiger partial charge in [0.25, 0.3) is 0 Å². The summed E-state index contributed by atoms with van der Waals surface area (Å²) in [5.74, 6) is 0.496. The summed E-state index contributed by atoms with van der Waals surface area (Å²) in [6.45, 7) is 0.362. The minimum Gasteiger partial charge on any atom is -0.459 e. The van der Waals surface area contributed by atoms with Gasteiger partial charge in [-0.15, -0.1) is 0 Å². The number of nitrogens with zero attached hydrogens (tertiary/aromatic N) is 2. The molecule has 2 aromatic carbocycles. The molecule has 1 amide bonds. The van der Waals surface area contributed by atoms with E-state index in [0.717, 1.165) is 11.4 Å². The van der Waals surface area contributed by atoms with E-state index >= 15 is 0 Å². The van der Waals surface area contributed by atoms with E-state index in [9.17, 15) is 9.18 Å². The van der Waals surface area contributed by atoms with E-state index in [-0.39, 0.29) is 30.2 Å². The first-order chi connectivity index (χ1) is 17.5. The lowest BCUT2D eigenvalue weighted by molar-refractivity contribution is -0.116. The maximum atomic E-state index is 14.6. The van der Waals surface area contributed by atoms with Gasteiger partial charge in [-0.2, -0.15) is 0 Å². The Labute approximate surface area is 221 Å². The average molecular weight is 565 g/mol. The number of carbonyl (C=O) groups excluding carboxylic acids is 1. The minimum atomic E-state index is -0.388. The van der Waals surface area contributed by atoms with E-state index in [1.165, 1.54) is 6.07 Å². The number of furan rings is 1. The Bertz CT molecular complexity index is 1380. The van der Waals surface area contributed by atoms with Gasteiger partial charge in [-0.1, -0.05) is 40.2 Å². The van der Waals surface area contributed by atoms with E-state index in [4.69, 9.17) is 16.6 Å². The molecule has 0 unspecified atom stereocenters. The summed E-state index contributed by atoms with van der Waals surface area (Å²) >= 11 is 8.95. The average Bonchev–Trinajstić information content (AvgIpc) is 3.48. The first-order valence-corrected chi connectivity index (χ1v) is 12.6. The molecule has 0 saturated carbocycles. The Balaban J connectivity index is 1.42. The highest BCUT2D eigenvalue weighted by Crippen LogP contribution is 2.40. The number of para-hydroxylation sites is 1. The molecule has 2 aromatic heterocycles. The maximum Gasteiger partial charge on any atom is 0.226 e. The second-order valence-electron chi connectivity index (χ2n) is 8.31. The van der Waals surface area contributed by atoms with Crippen molar-refractivity contribution in [1.82, 2.24) is 15.2 Å². The van der Waals surface area contributed by atoms with Crippen molar-refractivity contribution < 1.29 is 13.6 Å². The van der Waals surface area contributed by atoms with Gasteiger partial charge in [-0.05, 0) is 66.8 Å². The third-order valence-corrected chi connectivity index (χ3v) is 6.80. The van der Waals surface area contributed by atoms with Gasteiger partial charge in [-0.25, -0.2) is 4.39 Å².